The minimum atomic E-state index is 0.805. The molecule has 10 heavy (non-hydrogen) atoms. The van der Waals surface area contributed by atoms with Crippen LogP contribution in [-0.2, 0) is 0 Å². The van der Waals surface area contributed by atoms with Gasteiger partial charge in [0.15, 0.2) is 0 Å². The topological polar surface area (TPSA) is 41.6 Å². The predicted molar refractivity (Wildman–Crippen MR) is 40.5 cm³/mol. The molecule has 0 unspecified atom stereocenters. The maximum Gasteiger partial charge on any atom is 0.111 e. The molecule has 1 aromatic rings. The Balaban J connectivity index is 3.40. The van der Waals surface area contributed by atoms with E-state index in [-0.39, 0.29) is 0 Å². The second kappa shape index (κ2) is 2.64. The first-order valence-corrected chi connectivity index (χ1v) is 3.31. The molecule has 0 aromatic carbocycles. The Bertz CT molecular complexity index is 310. The highest BCUT2D eigenvalue weighted by Crippen LogP contribution is 1.91. The van der Waals surface area contributed by atoms with Gasteiger partial charge in [-0.1, -0.05) is 18.7 Å². The fraction of sp³-hybridized carbons (Fsp3) is 0.429. The number of aromatic nitrogens is 3. The van der Waals surface area contributed by atoms with Gasteiger partial charge in [-0.2, -0.15) is 0 Å². The van der Waals surface area contributed by atoms with Crippen LogP contribution in [0, 0.1) is 0 Å². The van der Waals surface area contributed by atoms with E-state index in [1.165, 1.54) is 5.57 Å². The number of H-pyrrole nitrogens is 1. The zero-order valence-electron chi connectivity index (χ0n) is 6.31. The van der Waals surface area contributed by atoms with Gasteiger partial charge in [0.1, 0.15) is 5.35 Å². The van der Waals surface area contributed by atoms with Gasteiger partial charge >= 0.3 is 0 Å². The van der Waals surface area contributed by atoms with Gasteiger partial charge in [-0.15, -0.1) is 5.10 Å². The first-order chi connectivity index (χ1) is 4.75. The summed E-state index contributed by atoms with van der Waals surface area (Å²) >= 11 is 0. The van der Waals surface area contributed by atoms with E-state index in [2.05, 4.69) is 28.9 Å². The monoisotopic (exact) mass is 137 g/mol. The third-order valence-electron chi connectivity index (χ3n) is 1.56. The van der Waals surface area contributed by atoms with Crippen molar-refractivity contribution in [1.29, 1.82) is 0 Å². The van der Waals surface area contributed by atoms with Crippen LogP contribution in [0.4, 0.5) is 0 Å². The van der Waals surface area contributed by atoms with Gasteiger partial charge in [0.2, 0.25) is 0 Å². The number of nitrogens with zero attached hydrogens (tertiary/aromatic N) is 2. The molecular weight excluding hydrogens is 126 g/mol. The lowest BCUT2D eigenvalue weighted by atomic mass is 10.2. The molecule has 54 valence electrons. The number of aromatic amines is 1. The molecule has 3 nitrogen and oxygen atoms in total. The highest BCUT2D eigenvalue weighted by Gasteiger charge is 1.90. The molecule has 1 N–H and O–H groups in total. The summed E-state index contributed by atoms with van der Waals surface area (Å²) in [4.78, 5) is 0. The first-order valence-electron chi connectivity index (χ1n) is 3.31. The van der Waals surface area contributed by atoms with E-state index in [1.54, 1.807) is 0 Å². The van der Waals surface area contributed by atoms with Crippen molar-refractivity contribution in [1.82, 2.24) is 15.4 Å². The standard InChI is InChI=1S/C7H11N3/c1-4-5(2)7-6(3)8-10-9-7/h3-4H2,1-2H3,(H,8,9)/b7-5-. The van der Waals surface area contributed by atoms with E-state index in [0.717, 1.165) is 17.1 Å². The third kappa shape index (κ3) is 1.07. The van der Waals surface area contributed by atoms with Crippen LogP contribution in [0.3, 0.4) is 0 Å². The summed E-state index contributed by atoms with van der Waals surface area (Å²) < 4.78 is 0. The average molecular weight is 137 g/mol. The van der Waals surface area contributed by atoms with Crippen molar-refractivity contribution in [2.75, 3.05) is 0 Å². The molecule has 0 fully saturated rings. The van der Waals surface area contributed by atoms with Crippen LogP contribution in [0.5, 0.6) is 0 Å². The zero-order chi connectivity index (χ0) is 7.56. The van der Waals surface area contributed by atoms with E-state index < -0.39 is 0 Å². The van der Waals surface area contributed by atoms with Crippen molar-refractivity contribution in [2.45, 2.75) is 20.3 Å². The lowest BCUT2D eigenvalue weighted by molar-refractivity contribution is 0.923. The van der Waals surface area contributed by atoms with E-state index in [9.17, 15) is 0 Å². The number of hydrogen-bond donors (Lipinski definition) is 1. The highest BCUT2D eigenvalue weighted by atomic mass is 15.3. The Morgan fingerprint density at radius 2 is 2.40 bits per heavy atom. The molecule has 0 radical (unpaired) electrons. The van der Waals surface area contributed by atoms with E-state index in [1.807, 2.05) is 6.92 Å². The molecular formula is C7H11N3. The van der Waals surface area contributed by atoms with E-state index in [0.29, 0.717) is 0 Å². The SMILES string of the molecule is C=c1[nH]nn/c1=C(/C)CC. The molecule has 0 saturated carbocycles. The Morgan fingerprint density at radius 1 is 1.70 bits per heavy atom. The molecule has 1 heterocycles. The van der Waals surface area contributed by atoms with Crippen molar-refractivity contribution in [3.8, 4) is 0 Å². The first kappa shape index (κ1) is 6.99. The van der Waals surface area contributed by atoms with Gasteiger partial charge in [0.05, 0.1) is 5.35 Å². The molecule has 0 aliphatic carbocycles. The smallest absolute Gasteiger partial charge is 0.111 e. The molecule has 0 aliphatic rings. The minimum absolute atomic E-state index is 0.805. The van der Waals surface area contributed by atoms with Crippen LogP contribution in [0.1, 0.15) is 20.3 Å². The van der Waals surface area contributed by atoms with Crippen molar-refractivity contribution in [3.63, 3.8) is 0 Å². The largest absolute Gasteiger partial charge is 0.258 e. The average Bonchev–Trinajstić information content (AvgIpc) is 2.34. The Morgan fingerprint density at radius 3 is 2.80 bits per heavy atom. The molecule has 0 saturated heterocycles. The molecule has 0 amide bonds. The maximum absolute atomic E-state index is 3.88. The summed E-state index contributed by atoms with van der Waals surface area (Å²) in [5.41, 5.74) is 1.22. The second-order valence-electron chi connectivity index (χ2n) is 2.27. The predicted octanol–water partition coefficient (Wildman–Crippen LogP) is -0.204. The summed E-state index contributed by atoms with van der Waals surface area (Å²) in [6.45, 7) is 7.87. The second-order valence-corrected chi connectivity index (χ2v) is 2.27. The molecule has 0 bridgehead atoms. The van der Waals surface area contributed by atoms with Crippen LogP contribution < -0.4 is 10.7 Å². The molecule has 3 heteroatoms. The third-order valence-corrected chi connectivity index (χ3v) is 1.56. The summed E-state index contributed by atoms with van der Waals surface area (Å²) in [5.74, 6) is 0. The quantitative estimate of drug-likeness (QED) is 0.582. The number of hydrogen-bond acceptors (Lipinski definition) is 2. The zero-order valence-corrected chi connectivity index (χ0v) is 6.31. The van der Waals surface area contributed by atoms with Gasteiger partial charge in [0.25, 0.3) is 0 Å². The fourth-order valence-electron chi connectivity index (χ4n) is 0.759. The van der Waals surface area contributed by atoms with Gasteiger partial charge in [-0.3, -0.25) is 5.10 Å². The van der Waals surface area contributed by atoms with Gasteiger partial charge in [0, 0.05) is 0 Å². The van der Waals surface area contributed by atoms with Gasteiger partial charge in [-0.25, -0.2) is 0 Å². The summed E-state index contributed by atoms with van der Waals surface area (Å²) in [7, 11) is 0. The summed E-state index contributed by atoms with van der Waals surface area (Å²) in [6.07, 6.45) is 0.995. The van der Waals surface area contributed by atoms with Crippen molar-refractivity contribution in [2.24, 2.45) is 0 Å². The number of nitrogens with one attached hydrogen (secondary N) is 1. The summed E-state index contributed by atoms with van der Waals surface area (Å²) in [5, 5.41) is 11.9. The van der Waals surface area contributed by atoms with Gasteiger partial charge < -0.3 is 0 Å². The van der Waals surface area contributed by atoms with Crippen LogP contribution in [0.15, 0.2) is 0 Å². The molecule has 1 rings (SSSR count). The molecule has 1 aromatic heterocycles. The Hall–Kier alpha value is -1.12. The lowest BCUT2D eigenvalue weighted by Gasteiger charge is -1.86. The van der Waals surface area contributed by atoms with Crippen LogP contribution in [0.2, 0.25) is 0 Å². The van der Waals surface area contributed by atoms with E-state index >= 15 is 0 Å². The highest BCUT2D eigenvalue weighted by molar-refractivity contribution is 5.37. The fourth-order valence-corrected chi connectivity index (χ4v) is 0.759. The van der Waals surface area contributed by atoms with Gasteiger partial charge in [-0.05, 0) is 18.9 Å². The number of rotatable bonds is 1. The maximum atomic E-state index is 3.88. The van der Waals surface area contributed by atoms with Crippen molar-refractivity contribution < 1.29 is 0 Å². The van der Waals surface area contributed by atoms with Crippen molar-refractivity contribution >= 4 is 12.2 Å². The van der Waals surface area contributed by atoms with E-state index in [4.69, 9.17) is 0 Å². The lowest BCUT2D eigenvalue weighted by Crippen LogP contribution is -2.24. The summed E-state index contributed by atoms with van der Waals surface area (Å²) in [6, 6.07) is 0. The van der Waals surface area contributed by atoms with Crippen LogP contribution >= 0.6 is 0 Å². The molecule has 0 aliphatic heterocycles. The van der Waals surface area contributed by atoms with Crippen LogP contribution in [0.25, 0.3) is 12.2 Å². The Kier molecular flexibility index (Phi) is 1.85. The molecule has 0 spiro atoms. The Labute approximate surface area is 59.5 Å². The minimum Gasteiger partial charge on any atom is -0.258 e. The normalized spacial score (nSPS) is 13.4. The van der Waals surface area contributed by atoms with Crippen molar-refractivity contribution in [3.05, 3.63) is 10.7 Å². The van der Waals surface area contributed by atoms with Crippen LogP contribution in [-0.4, -0.2) is 15.4 Å². The molecule has 0 atom stereocenters.